The fourth-order valence-corrected chi connectivity index (χ4v) is 1.61. The number of aromatic nitrogens is 1. The first-order valence-corrected chi connectivity index (χ1v) is 6.29. The largest absolute Gasteiger partial charge is 0.395 e. The van der Waals surface area contributed by atoms with Gasteiger partial charge in [-0.2, -0.15) is 0 Å². The van der Waals surface area contributed by atoms with Crippen LogP contribution in [0.4, 0.5) is 4.79 Å². The third-order valence-electron chi connectivity index (χ3n) is 2.36. The maximum atomic E-state index is 11.8. The van der Waals surface area contributed by atoms with Crippen molar-refractivity contribution in [2.75, 3.05) is 19.7 Å². The Labute approximate surface area is 112 Å². The molecule has 0 unspecified atom stereocenters. The number of carbonyl (C=O) groups excluding carboxylic acids is 1. The monoisotopic (exact) mass is 271 g/mol. The predicted octanol–water partition coefficient (Wildman–Crippen LogP) is 1.65. The van der Waals surface area contributed by atoms with E-state index in [0.717, 1.165) is 12.1 Å². The molecule has 0 atom stereocenters. The van der Waals surface area contributed by atoms with Crippen LogP contribution in [0.3, 0.4) is 0 Å². The first kappa shape index (κ1) is 14.7. The average molecular weight is 272 g/mol. The van der Waals surface area contributed by atoms with Crippen molar-refractivity contribution in [3.63, 3.8) is 0 Å². The molecule has 2 amide bonds. The Bertz CT molecular complexity index is 364. The maximum absolute atomic E-state index is 11.8. The lowest BCUT2D eigenvalue weighted by atomic mass is 10.3. The molecule has 0 saturated heterocycles. The van der Waals surface area contributed by atoms with Crippen molar-refractivity contribution >= 4 is 17.6 Å². The molecular formula is C12H18ClN3O2. The van der Waals surface area contributed by atoms with E-state index < -0.39 is 0 Å². The van der Waals surface area contributed by atoms with E-state index >= 15 is 0 Å². The average Bonchev–Trinajstić information content (AvgIpc) is 2.37. The molecule has 5 nitrogen and oxygen atoms in total. The van der Waals surface area contributed by atoms with E-state index in [1.165, 1.54) is 0 Å². The quantitative estimate of drug-likeness (QED) is 0.827. The van der Waals surface area contributed by atoms with Crippen molar-refractivity contribution in [2.45, 2.75) is 19.9 Å². The number of halogens is 1. The van der Waals surface area contributed by atoms with E-state index in [4.69, 9.17) is 16.7 Å². The molecule has 0 bridgehead atoms. The van der Waals surface area contributed by atoms with Gasteiger partial charge in [-0.3, -0.25) is 4.98 Å². The van der Waals surface area contributed by atoms with E-state index in [0.29, 0.717) is 24.7 Å². The van der Waals surface area contributed by atoms with Gasteiger partial charge >= 0.3 is 6.03 Å². The van der Waals surface area contributed by atoms with E-state index in [-0.39, 0.29) is 12.6 Å². The highest BCUT2D eigenvalue weighted by atomic mass is 35.5. The van der Waals surface area contributed by atoms with Crippen LogP contribution < -0.4 is 5.32 Å². The summed E-state index contributed by atoms with van der Waals surface area (Å²) >= 11 is 5.72. The Morgan fingerprint density at radius 2 is 2.28 bits per heavy atom. The number of nitrogens with zero attached hydrogens (tertiary/aromatic N) is 2. The van der Waals surface area contributed by atoms with Crippen molar-refractivity contribution < 1.29 is 9.90 Å². The minimum Gasteiger partial charge on any atom is -0.395 e. The molecule has 1 heterocycles. The van der Waals surface area contributed by atoms with E-state index in [1.54, 1.807) is 23.2 Å². The van der Waals surface area contributed by atoms with Crippen LogP contribution in [0.25, 0.3) is 0 Å². The summed E-state index contributed by atoms with van der Waals surface area (Å²) in [6, 6.07) is 3.30. The second-order valence-electron chi connectivity index (χ2n) is 3.84. The summed E-state index contributed by atoms with van der Waals surface area (Å²) < 4.78 is 0. The van der Waals surface area contributed by atoms with Gasteiger partial charge in [0.25, 0.3) is 0 Å². The Morgan fingerprint density at radius 1 is 1.50 bits per heavy atom. The highest BCUT2D eigenvalue weighted by molar-refractivity contribution is 6.30. The number of aliphatic hydroxyl groups excluding tert-OH is 1. The predicted molar refractivity (Wildman–Crippen MR) is 70.4 cm³/mol. The maximum Gasteiger partial charge on any atom is 0.317 e. The smallest absolute Gasteiger partial charge is 0.317 e. The van der Waals surface area contributed by atoms with Gasteiger partial charge in [-0.1, -0.05) is 18.5 Å². The first-order valence-electron chi connectivity index (χ1n) is 5.91. The van der Waals surface area contributed by atoms with E-state index in [1.807, 2.05) is 6.92 Å². The topological polar surface area (TPSA) is 65.5 Å². The summed E-state index contributed by atoms with van der Waals surface area (Å²) in [7, 11) is 0. The standard InChI is InChI=1S/C12H18ClN3O2/c1-2-5-16(6-7-17)12(18)15-9-11-4-3-10(13)8-14-11/h3-4,8,17H,2,5-7,9H2,1H3,(H,15,18). The Morgan fingerprint density at radius 3 is 2.83 bits per heavy atom. The molecule has 1 aromatic heterocycles. The van der Waals surface area contributed by atoms with Gasteiger partial charge in [0.1, 0.15) is 0 Å². The van der Waals surface area contributed by atoms with Gasteiger partial charge in [0.2, 0.25) is 0 Å². The molecule has 6 heteroatoms. The fourth-order valence-electron chi connectivity index (χ4n) is 1.49. The number of rotatable bonds is 6. The highest BCUT2D eigenvalue weighted by Gasteiger charge is 2.11. The minimum atomic E-state index is -0.192. The van der Waals surface area contributed by atoms with Crippen molar-refractivity contribution in [1.82, 2.24) is 15.2 Å². The Kier molecular flexibility index (Phi) is 6.46. The molecule has 0 spiro atoms. The zero-order valence-corrected chi connectivity index (χ0v) is 11.2. The molecule has 100 valence electrons. The van der Waals surface area contributed by atoms with E-state index in [2.05, 4.69) is 10.3 Å². The molecule has 0 radical (unpaired) electrons. The molecule has 0 saturated carbocycles. The third kappa shape index (κ3) is 4.89. The second kappa shape index (κ2) is 7.89. The Hall–Kier alpha value is -1.33. The molecule has 2 N–H and O–H groups in total. The lowest BCUT2D eigenvalue weighted by Crippen LogP contribution is -2.41. The number of urea groups is 1. The molecular weight excluding hydrogens is 254 g/mol. The zero-order chi connectivity index (χ0) is 13.4. The molecule has 0 aliphatic heterocycles. The van der Waals surface area contributed by atoms with Gasteiger partial charge in [0, 0.05) is 19.3 Å². The van der Waals surface area contributed by atoms with Gasteiger partial charge in [0.15, 0.2) is 0 Å². The van der Waals surface area contributed by atoms with Crippen molar-refractivity contribution in [1.29, 1.82) is 0 Å². The van der Waals surface area contributed by atoms with Crippen molar-refractivity contribution in [3.05, 3.63) is 29.0 Å². The zero-order valence-electron chi connectivity index (χ0n) is 10.4. The number of amides is 2. The fraction of sp³-hybridized carbons (Fsp3) is 0.500. The van der Waals surface area contributed by atoms with Gasteiger partial charge < -0.3 is 15.3 Å². The summed E-state index contributed by atoms with van der Waals surface area (Å²) in [6.45, 7) is 3.26. The summed E-state index contributed by atoms with van der Waals surface area (Å²) in [6.07, 6.45) is 2.40. The van der Waals surface area contributed by atoms with Gasteiger partial charge in [-0.15, -0.1) is 0 Å². The summed E-state index contributed by atoms with van der Waals surface area (Å²) in [5, 5.41) is 12.2. The van der Waals surface area contributed by atoms with Gasteiger partial charge in [-0.25, -0.2) is 4.79 Å². The lowest BCUT2D eigenvalue weighted by molar-refractivity contribution is 0.177. The summed E-state index contributed by atoms with van der Waals surface area (Å²) in [5.41, 5.74) is 0.744. The van der Waals surface area contributed by atoms with Gasteiger partial charge in [-0.05, 0) is 18.6 Å². The van der Waals surface area contributed by atoms with Crippen LogP contribution in [0.5, 0.6) is 0 Å². The number of hydrogen-bond donors (Lipinski definition) is 2. The number of aliphatic hydroxyl groups is 1. The summed E-state index contributed by atoms with van der Waals surface area (Å²) in [5.74, 6) is 0. The molecule has 1 aromatic rings. The molecule has 0 aliphatic carbocycles. The lowest BCUT2D eigenvalue weighted by Gasteiger charge is -2.21. The van der Waals surface area contributed by atoms with Crippen LogP contribution >= 0.6 is 11.6 Å². The van der Waals surface area contributed by atoms with Crippen LogP contribution in [0.15, 0.2) is 18.3 Å². The summed E-state index contributed by atoms with van der Waals surface area (Å²) in [4.78, 5) is 17.5. The normalized spacial score (nSPS) is 10.2. The van der Waals surface area contributed by atoms with Gasteiger partial charge in [0.05, 0.1) is 23.9 Å². The molecule has 0 aromatic carbocycles. The minimum absolute atomic E-state index is 0.0351. The molecule has 0 aliphatic rings. The molecule has 0 fully saturated rings. The number of hydrogen-bond acceptors (Lipinski definition) is 3. The SMILES string of the molecule is CCCN(CCO)C(=O)NCc1ccc(Cl)cn1. The third-order valence-corrected chi connectivity index (χ3v) is 2.58. The molecule has 1 rings (SSSR count). The van der Waals surface area contributed by atoms with E-state index in [9.17, 15) is 4.79 Å². The van der Waals surface area contributed by atoms with Crippen molar-refractivity contribution in [3.8, 4) is 0 Å². The van der Waals surface area contributed by atoms with Crippen LogP contribution in [0, 0.1) is 0 Å². The van der Waals surface area contributed by atoms with Crippen LogP contribution in [0.2, 0.25) is 5.02 Å². The van der Waals surface area contributed by atoms with Crippen LogP contribution in [-0.2, 0) is 6.54 Å². The number of pyridine rings is 1. The number of nitrogens with one attached hydrogen (secondary N) is 1. The van der Waals surface area contributed by atoms with Crippen LogP contribution in [-0.4, -0.2) is 40.7 Å². The Balaban J connectivity index is 2.45. The second-order valence-corrected chi connectivity index (χ2v) is 4.27. The number of carbonyl (C=O) groups is 1. The van der Waals surface area contributed by atoms with Crippen molar-refractivity contribution in [2.24, 2.45) is 0 Å². The highest BCUT2D eigenvalue weighted by Crippen LogP contribution is 2.05. The van der Waals surface area contributed by atoms with Crippen LogP contribution in [0.1, 0.15) is 19.0 Å². The molecule has 18 heavy (non-hydrogen) atoms. The first-order chi connectivity index (χ1) is 8.67.